The zero-order valence-corrected chi connectivity index (χ0v) is 13.2. The molecular formula is C15H16ClN3OS. The number of hydrogen-bond acceptors (Lipinski definition) is 3. The van der Waals surface area contributed by atoms with Crippen molar-refractivity contribution in [1.29, 1.82) is 0 Å². The Labute approximate surface area is 132 Å². The Morgan fingerprint density at radius 1 is 1.52 bits per heavy atom. The van der Waals surface area contributed by atoms with Crippen LogP contribution in [0.5, 0.6) is 0 Å². The van der Waals surface area contributed by atoms with E-state index in [0.717, 1.165) is 16.4 Å². The molecule has 1 amide bonds. The van der Waals surface area contributed by atoms with E-state index >= 15 is 0 Å². The predicted molar refractivity (Wildman–Crippen MR) is 86.0 cm³/mol. The van der Waals surface area contributed by atoms with Crippen molar-refractivity contribution in [3.05, 3.63) is 41.2 Å². The summed E-state index contributed by atoms with van der Waals surface area (Å²) in [7, 11) is 0. The summed E-state index contributed by atoms with van der Waals surface area (Å²) in [5, 5.41) is 4.47. The monoisotopic (exact) mass is 321 g/mol. The van der Waals surface area contributed by atoms with Gasteiger partial charge in [-0.15, -0.1) is 0 Å². The van der Waals surface area contributed by atoms with Crippen LogP contribution >= 0.6 is 23.4 Å². The lowest BCUT2D eigenvalue weighted by Crippen LogP contribution is -2.15. The number of aromatic nitrogens is 2. The van der Waals surface area contributed by atoms with Crippen LogP contribution < -0.4 is 5.32 Å². The molecule has 1 fully saturated rings. The highest BCUT2D eigenvalue weighted by Gasteiger charge is 2.25. The maximum atomic E-state index is 12.1. The SMILES string of the molecule is Cc1c(Cl)cccc1NC(=O)CSc1nccn1C1CC1. The van der Waals surface area contributed by atoms with Crippen LogP contribution in [0, 0.1) is 6.92 Å². The number of hydrogen-bond donors (Lipinski definition) is 1. The summed E-state index contributed by atoms with van der Waals surface area (Å²) in [5.74, 6) is 0.297. The van der Waals surface area contributed by atoms with Crippen LogP contribution in [0.3, 0.4) is 0 Å². The first-order chi connectivity index (χ1) is 10.1. The fraction of sp³-hybridized carbons (Fsp3) is 0.333. The molecule has 1 aromatic heterocycles. The molecule has 6 heteroatoms. The van der Waals surface area contributed by atoms with Crippen molar-refractivity contribution >= 4 is 35.0 Å². The fourth-order valence-corrected chi connectivity index (χ4v) is 3.10. The highest BCUT2D eigenvalue weighted by atomic mass is 35.5. The van der Waals surface area contributed by atoms with E-state index in [4.69, 9.17) is 11.6 Å². The molecule has 3 rings (SSSR count). The lowest BCUT2D eigenvalue weighted by atomic mass is 10.2. The number of rotatable bonds is 5. The quantitative estimate of drug-likeness (QED) is 0.849. The Morgan fingerprint density at radius 3 is 3.10 bits per heavy atom. The van der Waals surface area contributed by atoms with E-state index in [1.165, 1.54) is 24.6 Å². The second-order valence-electron chi connectivity index (χ2n) is 5.10. The number of imidazole rings is 1. The van der Waals surface area contributed by atoms with Gasteiger partial charge < -0.3 is 9.88 Å². The molecule has 2 aromatic rings. The van der Waals surface area contributed by atoms with Gasteiger partial charge >= 0.3 is 0 Å². The lowest BCUT2D eigenvalue weighted by molar-refractivity contribution is -0.113. The molecule has 0 radical (unpaired) electrons. The normalized spacial score (nSPS) is 14.2. The van der Waals surface area contributed by atoms with Gasteiger partial charge in [0, 0.05) is 29.1 Å². The number of anilines is 1. The van der Waals surface area contributed by atoms with E-state index in [9.17, 15) is 4.79 Å². The van der Waals surface area contributed by atoms with Crippen LogP contribution in [0.2, 0.25) is 5.02 Å². The molecule has 0 saturated heterocycles. The smallest absolute Gasteiger partial charge is 0.234 e. The Hall–Kier alpha value is -1.46. The van der Waals surface area contributed by atoms with Crippen molar-refractivity contribution in [2.45, 2.75) is 31.0 Å². The van der Waals surface area contributed by atoms with Crippen molar-refractivity contribution in [2.75, 3.05) is 11.1 Å². The molecular weight excluding hydrogens is 306 g/mol. The minimum absolute atomic E-state index is 0.0456. The first-order valence-corrected chi connectivity index (χ1v) is 8.22. The second-order valence-corrected chi connectivity index (χ2v) is 6.45. The molecule has 0 bridgehead atoms. The number of carbonyl (C=O) groups is 1. The van der Waals surface area contributed by atoms with Crippen LogP contribution in [0.25, 0.3) is 0 Å². The number of carbonyl (C=O) groups excluding carboxylic acids is 1. The number of nitrogens with zero attached hydrogens (tertiary/aromatic N) is 2. The van der Waals surface area contributed by atoms with Crippen molar-refractivity contribution in [2.24, 2.45) is 0 Å². The maximum Gasteiger partial charge on any atom is 0.234 e. The molecule has 21 heavy (non-hydrogen) atoms. The first kappa shape index (κ1) is 14.5. The third kappa shape index (κ3) is 3.41. The molecule has 0 unspecified atom stereocenters. The highest BCUT2D eigenvalue weighted by molar-refractivity contribution is 7.99. The summed E-state index contributed by atoms with van der Waals surface area (Å²) < 4.78 is 2.16. The third-order valence-corrected chi connectivity index (χ3v) is 4.84. The maximum absolute atomic E-state index is 12.1. The second kappa shape index (κ2) is 6.12. The van der Waals surface area contributed by atoms with Gasteiger partial charge in [0.25, 0.3) is 0 Å². The van der Waals surface area contributed by atoms with E-state index in [1.807, 2.05) is 31.3 Å². The Kier molecular flexibility index (Phi) is 4.22. The van der Waals surface area contributed by atoms with Crippen LogP contribution in [-0.2, 0) is 4.79 Å². The van der Waals surface area contributed by atoms with Crippen molar-refractivity contribution in [3.8, 4) is 0 Å². The van der Waals surface area contributed by atoms with E-state index in [-0.39, 0.29) is 5.91 Å². The van der Waals surface area contributed by atoms with Crippen molar-refractivity contribution in [3.63, 3.8) is 0 Å². The summed E-state index contributed by atoms with van der Waals surface area (Å²) in [4.78, 5) is 16.4. The van der Waals surface area contributed by atoms with Gasteiger partial charge in [0.15, 0.2) is 5.16 Å². The van der Waals surface area contributed by atoms with Crippen LogP contribution in [0.1, 0.15) is 24.4 Å². The highest BCUT2D eigenvalue weighted by Crippen LogP contribution is 2.37. The van der Waals surface area contributed by atoms with Crippen LogP contribution in [0.15, 0.2) is 35.7 Å². The molecule has 0 aliphatic heterocycles. The Morgan fingerprint density at radius 2 is 2.33 bits per heavy atom. The van der Waals surface area contributed by atoms with Gasteiger partial charge in [-0.1, -0.05) is 29.4 Å². The van der Waals surface area contributed by atoms with E-state index in [0.29, 0.717) is 16.8 Å². The van der Waals surface area contributed by atoms with E-state index in [1.54, 1.807) is 6.20 Å². The minimum atomic E-state index is -0.0456. The van der Waals surface area contributed by atoms with Crippen molar-refractivity contribution < 1.29 is 4.79 Å². The molecule has 0 atom stereocenters. The number of benzene rings is 1. The zero-order valence-electron chi connectivity index (χ0n) is 11.7. The molecule has 1 aliphatic rings. The predicted octanol–water partition coefficient (Wildman–Crippen LogP) is 3.91. The Bertz CT molecular complexity index is 667. The average molecular weight is 322 g/mol. The number of thioether (sulfide) groups is 1. The third-order valence-electron chi connectivity index (χ3n) is 3.45. The van der Waals surface area contributed by atoms with Crippen molar-refractivity contribution in [1.82, 2.24) is 9.55 Å². The van der Waals surface area contributed by atoms with Crippen LogP contribution in [0.4, 0.5) is 5.69 Å². The van der Waals surface area contributed by atoms with Gasteiger partial charge in [-0.3, -0.25) is 4.79 Å². The summed E-state index contributed by atoms with van der Waals surface area (Å²) in [5.41, 5.74) is 1.65. The summed E-state index contributed by atoms with van der Waals surface area (Å²) >= 11 is 7.51. The molecule has 0 spiro atoms. The van der Waals surface area contributed by atoms with Gasteiger partial charge in [-0.05, 0) is 37.5 Å². The van der Waals surface area contributed by atoms with E-state index < -0.39 is 0 Å². The summed E-state index contributed by atoms with van der Waals surface area (Å²) in [6.45, 7) is 1.89. The summed E-state index contributed by atoms with van der Waals surface area (Å²) in [6, 6.07) is 6.08. The molecule has 1 saturated carbocycles. The van der Waals surface area contributed by atoms with Gasteiger partial charge in [-0.25, -0.2) is 4.98 Å². The van der Waals surface area contributed by atoms with Gasteiger partial charge in [0.2, 0.25) is 5.91 Å². The van der Waals surface area contributed by atoms with Gasteiger partial charge in [0.05, 0.1) is 5.75 Å². The number of nitrogens with one attached hydrogen (secondary N) is 1. The molecule has 110 valence electrons. The molecule has 4 nitrogen and oxygen atoms in total. The summed E-state index contributed by atoms with van der Waals surface area (Å²) in [6.07, 6.45) is 6.19. The topological polar surface area (TPSA) is 46.9 Å². The molecule has 1 aliphatic carbocycles. The van der Waals surface area contributed by atoms with Gasteiger partial charge in [-0.2, -0.15) is 0 Å². The minimum Gasteiger partial charge on any atom is -0.325 e. The lowest BCUT2D eigenvalue weighted by Gasteiger charge is -2.09. The van der Waals surface area contributed by atoms with Gasteiger partial charge in [0.1, 0.15) is 0 Å². The number of halogens is 1. The molecule has 1 aromatic carbocycles. The molecule has 1 heterocycles. The first-order valence-electron chi connectivity index (χ1n) is 6.86. The van der Waals surface area contributed by atoms with Crippen LogP contribution in [-0.4, -0.2) is 21.2 Å². The zero-order chi connectivity index (χ0) is 14.8. The largest absolute Gasteiger partial charge is 0.325 e. The average Bonchev–Trinajstić information content (AvgIpc) is 3.20. The molecule has 1 N–H and O–H groups in total. The fourth-order valence-electron chi connectivity index (χ4n) is 2.10. The van der Waals surface area contributed by atoms with E-state index in [2.05, 4.69) is 14.9 Å². The Balaban J connectivity index is 1.59. The standard InChI is InChI=1S/C15H16ClN3OS/c1-10-12(16)3-2-4-13(10)18-14(20)9-21-15-17-7-8-19(15)11-5-6-11/h2-4,7-8,11H,5-6,9H2,1H3,(H,18,20). The number of amides is 1.